The highest BCUT2D eigenvalue weighted by molar-refractivity contribution is 7.25. The summed E-state index contributed by atoms with van der Waals surface area (Å²) in [5.74, 6) is 0.353. The lowest BCUT2D eigenvalue weighted by Gasteiger charge is -2.36. The first-order valence-electron chi connectivity index (χ1n) is 21.7. The van der Waals surface area contributed by atoms with Crippen molar-refractivity contribution in [3.05, 3.63) is 103 Å². The second-order valence-electron chi connectivity index (χ2n) is 18.6. The summed E-state index contributed by atoms with van der Waals surface area (Å²) in [5, 5.41) is 2.60. The first-order chi connectivity index (χ1) is 30.6. The largest absolute Gasteiger partial charge is 0.484 e. The fourth-order valence-corrected chi connectivity index (χ4v) is 10.6. The van der Waals surface area contributed by atoms with Gasteiger partial charge in [0.1, 0.15) is 36.4 Å². The van der Waals surface area contributed by atoms with Crippen molar-refractivity contribution in [2.45, 2.75) is 118 Å². The quantitative estimate of drug-likeness (QED) is 0.0608. The van der Waals surface area contributed by atoms with Crippen LogP contribution in [0.2, 0.25) is 10.0 Å². The van der Waals surface area contributed by atoms with Crippen LogP contribution in [0.3, 0.4) is 0 Å². The minimum atomic E-state index is -1.16. The molecule has 65 heavy (non-hydrogen) atoms. The molecule has 4 atom stereocenters. The average molecular weight is 966 g/mol. The molecule has 0 saturated carbocycles. The highest BCUT2D eigenvalue weighted by atomic mass is 35.5. The number of ketones is 2. The molecule has 348 valence electrons. The van der Waals surface area contributed by atoms with Crippen molar-refractivity contribution in [2.24, 2.45) is 5.41 Å². The fourth-order valence-electron chi connectivity index (χ4n) is 7.67. The lowest BCUT2D eigenvalue weighted by molar-refractivity contribution is -0.156. The van der Waals surface area contributed by atoms with E-state index < -0.39 is 17.3 Å². The third-order valence-electron chi connectivity index (χ3n) is 11.1. The second kappa shape index (κ2) is 20.9. The fraction of sp³-hybridized carbons (Fsp3) is 0.451. The monoisotopic (exact) mass is 964 g/mol. The summed E-state index contributed by atoms with van der Waals surface area (Å²) >= 11 is 15.7. The Labute approximate surface area is 398 Å². The standard InChI is InChI=1S/C51H58Cl2O10S2/c1-29(23-30(2)62-32(4)37(54)25-58-38-21-19-35(52)43-45(56)33-15-11-13-17-40(33)64-47(38)43)60-27-49(5,6)28-61-50(7,8)24-31(3)63-51(9,10)42(55)26-59-39-22-20-36(53)44-46(57)34-16-12-14-18-41(34)65-48(39)44/h11-22,29-32H,23-28H2,1-10H3. The number of hydrogen-bond donors (Lipinski definition) is 0. The zero-order valence-electron chi connectivity index (χ0n) is 38.6. The van der Waals surface area contributed by atoms with Crippen LogP contribution in [0.5, 0.6) is 11.5 Å². The van der Waals surface area contributed by atoms with Crippen LogP contribution in [-0.2, 0) is 28.5 Å². The Kier molecular flexibility index (Phi) is 16.2. The van der Waals surface area contributed by atoms with E-state index in [4.69, 9.17) is 51.6 Å². The zero-order valence-corrected chi connectivity index (χ0v) is 41.8. The van der Waals surface area contributed by atoms with Gasteiger partial charge in [0.05, 0.1) is 67.3 Å². The first-order valence-corrected chi connectivity index (χ1v) is 24.1. The topological polar surface area (TPSA) is 124 Å². The molecule has 6 rings (SSSR count). The number of carbonyl (C=O) groups is 2. The van der Waals surface area contributed by atoms with E-state index >= 15 is 0 Å². The number of benzene rings is 4. The molecule has 0 aliphatic heterocycles. The number of rotatable bonds is 22. The smallest absolute Gasteiger partial charge is 0.201 e. The van der Waals surface area contributed by atoms with Gasteiger partial charge in [-0.05, 0) is 110 Å². The van der Waals surface area contributed by atoms with E-state index in [-0.39, 0.29) is 59.4 Å². The van der Waals surface area contributed by atoms with Gasteiger partial charge in [0.25, 0.3) is 0 Å². The molecule has 14 heteroatoms. The highest BCUT2D eigenvalue weighted by Crippen LogP contribution is 2.38. The number of fused-ring (bicyclic) bond motifs is 4. The molecule has 0 aliphatic rings. The van der Waals surface area contributed by atoms with Gasteiger partial charge in [-0.1, -0.05) is 61.3 Å². The van der Waals surface area contributed by atoms with Crippen LogP contribution in [0, 0.1) is 5.41 Å². The summed E-state index contributed by atoms with van der Waals surface area (Å²) in [7, 11) is 0. The Balaban J connectivity index is 0.923. The summed E-state index contributed by atoms with van der Waals surface area (Å²) in [5.41, 5.74) is -2.41. The molecule has 0 aliphatic carbocycles. The second-order valence-corrected chi connectivity index (χ2v) is 21.5. The Morgan fingerprint density at radius 2 is 1.15 bits per heavy atom. The van der Waals surface area contributed by atoms with E-state index in [0.29, 0.717) is 78.5 Å². The van der Waals surface area contributed by atoms with Gasteiger partial charge < -0.3 is 28.4 Å². The predicted octanol–water partition coefficient (Wildman–Crippen LogP) is 12.0. The molecular formula is C51H58Cl2O10S2. The molecule has 0 spiro atoms. The van der Waals surface area contributed by atoms with Crippen molar-refractivity contribution >= 4 is 97.8 Å². The Hall–Kier alpha value is -3.98. The maximum atomic E-state index is 13.5. The van der Waals surface area contributed by atoms with E-state index in [9.17, 15) is 19.2 Å². The van der Waals surface area contributed by atoms with Crippen molar-refractivity contribution in [3.8, 4) is 11.5 Å². The van der Waals surface area contributed by atoms with Crippen molar-refractivity contribution in [1.29, 1.82) is 0 Å². The zero-order chi connectivity index (χ0) is 47.4. The molecule has 0 fully saturated rings. The van der Waals surface area contributed by atoms with Gasteiger partial charge in [-0.25, -0.2) is 0 Å². The number of halogens is 2. The van der Waals surface area contributed by atoms with E-state index in [2.05, 4.69) is 13.8 Å². The van der Waals surface area contributed by atoms with Crippen LogP contribution >= 0.6 is 45.9 Å². The van der Waals surface area contributed by atoms with Gasteiger partial charge in [-0.3, -0.25) is 19.2 Å². The van der Waals surface area contributed by atoms with E-state index in [0.717, 1.165) is 9.40 Å². The van der Waals surface area contributed by atoms with Crippen molar-refractivity contribution in [2.75, 3.05) is 26.4 Å². The van der Waals surface area contributed by atoms with Crippen molar-refractivity contribution in [1.82, 2.24) is 0 Å². The summed E-state index contributed by atoms with van der Waals surface area (Å²) in [4.78, 5) is 53.1. The number of Topliss-reactive ketones (excluding diaryl/α,β-unsaturated/α-hetero) is 2. The Morgan fingerprint density at radius 3 is 1.69 bits per heavy atom. The van der Waals surface area contributed by atoms with Crippen LogP contribution in [0.1, 0.15) is 82.1 Å². The van der Waals surface area contributed by atoms with E-state index in [1.807, 2.05) is 71.0 Å². The summed E-state index contributed by atoms with van der Waals surface area (Å²) < 4.78 is 39.9. The average Bonchev–Trinajstić information content (AvgIpc) is 3.24. The van der Waals surface area contributed by atoms with Crippen molar-refractivity contribution < 1.29 is 38.0 Å². The van der Waals surface area contributed by atoms with E-state index in [1.165, 1.54) is 22.7 Å². The maximum absolute atomic E-state index is 13.5. The van der Waals surface area contributed by atoms with Crippen molar-refractivity contribution in [3.63, 3.8) is 0 Å². The molecule has 0 saturated heterocycles. The molecule has 10 nitrogen and oxygen atoms in total. The van der Waals surface area contributed by atoms with Crippen LogP contribution in [-0.4, -0.2) is 73.6 Å². The van der Waals surface area contributed by atoms with Gasteiger partial charge in [-0.2, -0.15) is 0 Å². The first kappa shape index (κ1) is 50.4. The van der Waals surface area contributed by atoms with Gasteiger partial charge >= 0.3 is 0 Å². The lowest BCUT2D eigenvalue weighted by Crippen LogP contribution is -2.43. The van der Waals surface area contributed by atoms with E-state index in [1.54, 1.807) is 57.2 Å². The normalized spacial score (nSPS) is 14.5. The van der Waals surface area contributed by atoms with Gasteiger partial charge in [0, 0.05) is 32.0 Å². The van der Waals surface area contributed by atoms with Gasteiger partial charge in [0.15, 0.2) is 16.6 Å². The summed E-state index contributed by atoms with van der Waals surface area (Å²) in [6.45, 7) is 19.5. The number of ether oxygens (including phenoxy) is 6. The SMILES string of the molecule is CC(CC(C)OC(C)C(=O)COc1ccc(Cl)c2c(=O)c3ccccc3sc12)OCC(C)(C)COC(C)(C)CC(C)OC(C)(C)C(=O)COc1ccc(Cl)c2c(=O)c3ccccc3sc12. The Morgan fingerprint density at radius 1 is 0.646 bits per heavy atom. The number of hydrogen-bond acceptors (Lipinski definition) is 12. The highest BCUT2D eigenvalue weighted by Gasteiger charge is 2.34. The molecule has 0 radical (unpaired) electrons. The number of carbonyl (C=O) groups excluding carboxylic acids is 2. The molecular weight excluding hydrogens is 908 g/mol. The predicted molar refractivity (Wildman–Crippen MR) is 265 cm³/mol. The molecule has 4 aromatic carbocycles. The lowest BCUT2D eigenvalue weighted by atomic mass is 9.94. The molecule has 0 N–H and O–H groups in total. The molecule has 2 heterocycles. The molecule has 0 bridgehead atoms. The molecule has 2 aromatic heterocycles. The maximum Gasteiger partial charge on any atom is 0.201 e. The Bertz CT molecular complexity index is 2810. The minimum absolute atomic E-state index is 0.158. The minimum Gasteiger partial charge on any atom is -0.484 e. The van der Waals surface area contributed by atoms with Crippen LogP contribution in [0.15, 0.2) is 82.4 Å². The van der Waals surface area contributed by atoms with Gasteiger partial charge in [0.2, 0.25) is 5.78 Å². The summed E-state index contributed by atoms with van der Waals surface area (Å²) in [6.07, 6.45) is -0.403. The van der Waals surface area contributed by atoms with Crippen LogP contribution in [0.4, 0.5) is 0 Å². The molecule has 4 unspecified atom stereocenters. The third-order valence-corrected chi connectivity index (χ3v) is 14.1. The summed E-state index contributed by atoms with van der Waals surface area (Å²) in [6, 6.07) is 21.3. The van der Waals surface area contributed by atoms with Gasteiger partial charge in [-0.15, -0.1) is 22.7 Å². The third kappa shape index (κ3) is 12.5. The van der Waals surface area contributed by atoms with Crippen LogP contribution < -0.4 is 20.3 Å². The van der Waals surface area contributed by atoms with Crippen LogP contribution in [0.25, 0.3) is 40.3 Å². The molecule has 6 aromatic rings. The molecule has 0 amide bonds.